The minimum Gasteiger partial charge on any atom is -0.466 e. The van der Waals surface area contributed by atoms with Crippen LogP contribution >= 0.6 is 15.9 Å². The number of aliphatic hydroxyl groups excluding tert-OH is 1. The van der Waals surface area contributed by atoms with Crippen molar-refractivity contribution >= 4 is 33.7 Å². The number of fused-ring (bicyclic) bond motifs is 1. The van der Waals surface area contributed by atoms with Crippen molar-refractivity contribution in [3.05, 3.63) is 35.9 Å². The topological polar surface area (TPSA) is 105 Å². The van der Waals surface area contributed by atoms with E-state index in [0.29, 0.717) is 13.0 Å². The Kier molecular flexibility index (Phi) is 7.36. The molecule has 0 radical (unpaired) electrons. The molecule has 3 aliphatic heterocycles. The summed E-state index contributed by atoms with van der Waals surface area (Å²) in [6, 6.07) is 8.00. The number of alkyl halides is 1. The van der Waals surface area contributed by atoms with Gasteiger partial charge in [-0.2, -0.15) is 0 Å². The van der Waals surface area contributed by atoms with E-state index in [1.165, 1.54) is 4.90 Å². The van der Waals surface area contributed by atoms with E-state index in [9.17, 15) is 19.5 Å². The van der Waals surface area contributed by atoms with Gasteiger partial charge in [0.2, 0.25) is 11.8 Å². The smallest absolute Gasteiger partial charge is 0.312 e. The third kappa shape index (κ3) is 3.95. The number of nitrogens with zero attached hydrogens (tertiary/aromatic N) is 1. The van der Waals surface area contributed by atoms with Crippen molar-refractivity contribution in [2.24, 2.45) is 17.8 Å². The second kappa shape index (κ2) is 9.95. The lowest BCUT2D eigenvalue weighted by Gasteiger charge is -2.38. The van der Waals surface area contributed by atoms with Gasteiger partial charge in [-0.25, -0.2) is 0 Å². The van der Waals surface area contributed by atoms with Crippen LogP contribution in [0, 0.1) is 17.8 Å². The van der Waals surface area contributed by atoms with E-state index in [1.54, 1.807) is 6.92 Å². The summed E-state index contributed by atoms with van der Waals surface area (Å²) in [7, 11) is 0. The van der Waals surface area contributed by atoms with Crippen molar-refractivity contribution in [2.45, 2.75) is 68.8 Å². The number of hydrogen-bond acceptors (Lipinski definition) is 6. The van der Waals surface area contributed by atoms with Gasteiger partial charge in [0.1, 0.15) is 11.6 Å². The highest BCUT2D eigenvalue weighted by Gasteiger charge is 2.77. The molecule has 0 aliphatic carbocycles. The van der Waals surface area contributed by atoms with Crippen molar-refractivity contribution < 1.29 is 29.0 Å². The van der Waals surface area contributed by atoms with Gasteiger partial charge < -0.3 is 24.8 Å². The van der Waals surface area contributed by atoms with Gasteiger partial charge >= 0.3 is 5.97 Å². The minimum atomic E-state index is -1.16. The number of carbonyl (C=O) groups excluding carboxylic acids is 3. The number of esters is 1. The van der Waals surface area contributed by atoms with E-state index in [1.807, 2.05) is 44.2 Å². The lowest BCUT2D eigenvalue weighted by atomic mass is 9.70. The summed E-state index contributed by atoms with van der Waals surface area (Å²) < 4.78 is 11.7. The Morgan fingerprint density at radius 1 is 1.32 bits per heavy atom. The van der Waals surface area contributed by atoms with E-state index in [2.05, 4.69) is 21.2 Å². The summed E-state index contributed by atoms with van der Waals surface area (Å²) in [5.41, 5.74) is -0.226. The molecule has 3 heterocycles. The number of rotatable bonds is 9. The summed E-state index contributed by atoms with van der Waals surface area (Å²) in [4.78, 5) is 41.9. The molecule has 1 spiro atoms. The SMILES string of the molecule is CCOC(=O)[C@@H]1[C@H]2O[C@@]3(CC2Br)[C@H](C(=O)NCc2ccccc2)N([C@@H](CO)[C@@H](C)CC)C(=O)[C@@H]13. The van der Waals surface area contributed by atoms with Crippen LogP contribution in [0.2, 0.25) is 0 Å². The number of hydrogen-bond donors (Lipinski definition) is 2. The largest absolute Gasteiger partial charge is 0.466 e. The van der Waals surface area contributed by atoms with Gasteiger partial charge in [-0.3, -0.25) is 14.4 Å². The predicted molar refractivity (Wildman–Crippen MR) is 128 cm³/mol. The summed E-state index contributed by atoms with van der Waals surface area (Å²) >= 11 is 3.63. The molecular formula is C25H33BrN2O6. The summed E-state index contributed by atoms with van der Waals surface area (Å²) in [6.45, 7) is 5.87. The molecule has 8 atom stereocenters. The molecule has 2 bridgehead atoms. The average Bonchev–Trinajstić information content (AvgIpc) is 3.42. The van der Waals surface area contributed by atoms with Crippen LogP contribution in [-0.4, -0.2) is 69.6 Å². The zero-order chi connectivity index (χ0) is 24.6. The normalized spacial score (nSPS) is 33.5. The van der Waals surface area contributed by atoms with Gasteiger partial charge in [0, 0.05) is 11.4 Å². The third-order valence-electron chi connectivity index (χ3n) is 7.69. The first kappa shape index (κ1) is 25.1. The zero-order valence-corrected chi connectivity index (χ0v) is 21.4. The minimum absolute atomic E-state index is 0.0494. The van der Waals surface area contributed by atoms with E-state index in [0.717, 1.165) is 12.0 Å². The number of carbonyl (C=O) groups is 3. The van der Waals surface area contributed by atoms with Crippen molar-refractivity contribution in [1.29, 1.82) is 0 Å². The number of benzene rings is 1. The first-order chi connectivity index (χ1) is 16.3. The fourth-order valence-corrected chi connectivity index (χ4v) is 6.87. The quantitative estimate of drug-likeness (QED) is 0.369. The Bertz CT molecular complexity index is 929. The van der Waals surface area contributed by atoms with Crippen molar-refractivity contribution in [2.75, 3.05) is 13.2 Å². The first-order valence-corrected chi connectivity index (χ1v) is 12.9. The molecule has 3 aliphatic rings. The molecule has 3 saturated heterocycles. The van der Waals surface area contributed by atoms with Gasteiger partial charge in [0.05, 0.1) is 37.2 Å². The standard InChI is InChI=1S/C25H33BrN2O6/c1-4-14(3)17(13-29)28-21(22(30)27-12-15-9-7-6-8-10-15)25-11-16(26)20(34-25)18(19(25)23(28)31)24(32)33-5-2/h6-10,14,16-21,29H,4-5,11-13H2,1-3H3,(H,27,30)/t14-,16?,17-,18-,19+,20-,21-,25+/m0/s1. The Labute approximate surface area is 208 Å². The maximum Gasteiger partial charge on any atom is 0.312 e. The van der Waals surface area contributed by atoms with Crippen molar-refractivity contribution in [1.82, 2.24) is 10.2 Å². The number of likely N-dealkylation sites (tertiary alicyclic amines) is 1. The van der Waals surface area contributed by atoms with Crippen LogP contribution in [0.25, 0.3) is 0 Å². The molecule has 2 N–H and O–H groups in total. The molecule has 4 rings (SSSR count). The Balaban J connectivity index is 1.73. The molecule has 8 nitrogen and oxygen atoms in total. The van der Waals surface area contributed by atoms with Crippen molar-refractivity contribution in [3.63, 3.8) is 0 Å². The van der Waals surface area contributed by atoms with Crippen LogP contribution in [-0.2, 0) is 30.4 Å². The van der Waals surface area contributed by atoms with E-state index in [-0.39, 0.29) is 35.8 Å². The van der Waals surface area contributed by atoms with Crippen molar-refractivity contribution in [3.8, 4) is 0 Å². The number of amides is 2. The predicted octanol–water partition coefficient (Wildman–Crippen LogP) is 2.02. The number of ether oxygens (including phenoxy) is 2. The van der Waals surface area contributed by atoms with Gasteiger partial charge in [-0.05, 0) is 24.8 Å². The maximum absolute atomic E-state index is 13.9. The average molecular weight is 537 g/mol. The maximum atomic E-state index is 13.9. The molecular weight excluding hydrogens is 504 g/mol. The first-order valence-electron chi connectivity index (χ1n) is 12.0. The van der Waals surface area contributed by atoms with Crippen LogP contribution in [0.3, 0.4) is 0 Å². The second-order valence-electron chi connectivity index (χ2n) is 9.50. The lowest BCUT2D eigenvalue weighted by Crippen LogP contribution is -2.59. The van der Waals surface area contributed by atoms with Gasteiger partial charge in [-0.1, -0.05) is 66.5 Å². The Hall–Kier alpha value is -1.97. The molecule has 0 aromatic heterocycles. The van der Waals surface area contributed by atoms with Crippen LogP contribution in [0.15, 0.2) is 30.3 Å². The molecule has 0 saturated carbocycles. The highest BCUT2D eigenvalue weighted by molar-refractivity contribution is 9.09. The molecule has 1 aromatic rings. The van der Waals surface area contributed by atoms with Gasteiger partial charge in [0.15, 0.2) is 0 Å². The monoisotopic (exact) mass is 536 g/mol. The van der Waals surface area contributed by atoms with Gasteiger partial charge in [-0.15, -0.1) is 0 Å². The van der Waals surface area contributed by atoms with Crippen LogP contribution in [0.1, 0.15) is 39.2 Å². The van der Waals surface area contributed by atoms with Crippen LogP contribution in [0.4, 0.5) is 0 Å². The number of halogens is 1. The molecule has 34 heavy (non-hydrogen) atoms. The summed E-state index contributed by atoms with van der Waals surface area (Å²) in [5, 5.41) is 13.3. The van der Waals surface area contributed by atoms with Gasteiger partial charge in [0.25, 0.3) is 0 Å². The summed E-state index contributed by atoms with van der Waals surface area (Å²) in [5.74, 6) is -2.81. The van der Waals surface area contributed by atoms with Crippen LogP contribution in [0.5, 0.6) is 0 Å². The molecule has 1 unspecified atom stereocenters. The molecule has 1 aromatic carbocycles. The lowest BCUT2D eigenvalue weighted by molar-refractivity contribution is -0.155. The second-order valence-corrected chi connectivity index (χ2v) is 10.7. The number of aliphatic hydroxyl groups is 1. The Morgan fingerprint density at radius 3 is 2.65 bits per heavy atom. The zero-order valence-electron chi connectivity index (χ0n) is 19.8. The Morgan fingerprint density at radius 2 is 2.03 bits per heavy atom. The fourth-order valence-electron chi connectivity index (χ4n) is 5.93. The van der Waals surface area contributed by atoms with Crippen LogP contribution < -0.4 is 5.32 Å². The third-order valence-corrected chi connectivity index (χ3v) is 8.53. The summed E-state index contributed by atoms with van der Waals surface area (Å²) in [6.07, 6.45) is 0.593. The van der Waals surface area contributed by atoms with E-state index >= 15 is 0 Å². The number of nitrogens with one attached hydrogen (secondary N) is 1. The fraction of sp³-hybridized carbons (Fsp3) is 0.640. The highest BCUT2D eigenvalue weighted by Crippen LogP contribution is 2.60. The highest BCUT2D eigenvalue weighted by atomic mass is 79.9. The van der Waals surface area contributed by atoms with E-state index in [4.69, 9.17) is 9.47 Å². The van der Waals surface area contributed by atoms with E-state index < -0.39 is 41.6 Å². The molecule has 2 amide bonds. The molecule has 186 valence electrons. The molecule has 3 fully saturated rings. The molecule has 9 heteroatoms.